The van der Waals surface area contributed by atoms with Gasteiger partial charge in [0.2, 0.25) is 10.0 Å². The van der Waals surface area contributed by atoms with Gasteiger partial charge in [0.05, 0.1) is 24.2 Å². The molecule has 0 aliphatic carbocycles. The summed E-state index contributed by atoms with van der Waals surface area (Å²) in [6, 6.07) is 5.26. The van der Waals surface area contributed by atoms with Crippen LogP contribution in [0.4, 0.5) is 11.6 Å². The van der Waals surface area contributed by atoms with Crippen molar-refractivity contribution < 1.29 is 8.42 Å². The normalized spacial score (nSPS) is 19.9. The Morgan fingerprint density at radius 3 is 2.68 bits per heavy atom. The van der Waals surface area contributed by atoms with Gasteiger partial charge in [-0.05, 0) is 62.8 Å². The maximum atomic E-state index is 11.3. The molecule has 0 radical (unpaired) electrons. The minimum Gasteiger partial charge on any atom is -0.362 e. The maximum absolute atomic E-state index is 11.3. The number of anilines is 2. The van der Waals surface area contributed by atoms with E-state index in [9.17, 15) is 8.42 Å². The lowest BCUT2D eigenvalue weighted by molar-refractivity contribution is 0.121. The van der Waals surface area contributed by atoms with Gasteiger partial charge in [-0.3, -0.25) is 0 Å². The van der Waals surface area contributed by atoms with Crippen LogP contribution < -0.4 is 14.9 Å². The number of piperidine rings is 1. The van der Waals surface area contributed by atoms with Gasteiger partial charge in [-0.25, -0.2) is 23.1 Å². The third-order valence-corrected chi connectivity index (χ3v) is 8.42. The third kappa shape index (κ3) is 7.32. The topological polar surface area (TPSA) is 114 Å². The van der Waals surface area contributed by atoms with E-state index >= 15 is 0 Å². The number of rotatable bonds is 10. The van der Waals surface area contributed by atoms with Crippen LogP contribution in [0.15, 0.2) is 24.4 Å². The molecule has 2 fully saturated rings. The average Bonchev–Trinajstić information content (AvgIpc) is 2.77. The van der Waals surface area contributed by atoms with Gasteiger partial charge in [0.25, 0.3) is 0 Å². The highest BCUT2D eigenvalue weighted by atomic mass is 35.5. The van der Waals surface area contributed by atoms with Crippen molar-refractivity contribution in [3.63, 3.8) is 0 Å². The van der Waals surface area contributed by atoms with Gasteiger partial charge in [0, 0.05) is 42.8 Å². The largest absolute Gasteiger partial charge is 0.362 e. The molecular formula is C25H35Cl2N7O2S. The summed E-state index contributed by atoms with van der Waals surface area (Å²) in [7, 11) is -3.15. The molecule has 3 heterocycles. The molecule has 9 nitrogen and oxygen atoms in total. The molecule has 0 unspecified atom stereocenters. The molecule has 2 aliphatic heterocycles. The van der Waals surface area contributed by atoms with E-state index < -0.39 is 10.0 Å². The van der Waals surface area contributed by atoms with Gasteiger partial charge in [0.15, 0.2) is 5.82 Å². The van der Waals surface area contributed by atoms with Crippen LogP contribution in [0.3, 0.4) is 0 Å². The Kier molecular flexibility index (Phi) is 8.96. The van der Waals surface area contributed by atoms with E-state index in [1.807, 2.05) is 13.0 Å². The van der Waals surface area contributed by atoms with E-state index in [0.717, 1.165) is 50.5 Å². The fourth-order valence-corrected chi connectivity index (χ4v) is 6.14. The molecule has 2 atom stereocenters. The molecule has 1 aromatic heterocycles. The minimum atomic E-state index is -3.15. The zero-order chi connectivity index (χ0) is 26.7. The molecule has 37 heavy (non-hydrogen) atoms. The maximum Gasteiger partial charge on any atom is 0.208 e. The molecule has 2 aliphatic rings. The second-order valence-electron chi connectivity index (χ2n) is 10.1. The number of benzene rings is 1. The van der Waals surface area contributed by atoms with Crippen LogP contribution in [0.5, 0.6) is 0 Å². The van der Waals surface area contributed by atoms with Crippen molar-refractivity contribution >= 4 is 50.6 Å². The van der Waals surface area contributed by atoms with E-state index in [1.165, 1.54) is 12.7 Å². The Morgan fingerprint density at radius 1 is 1.24 bits per heavy atom. The molecular weight excluding hydrogens is 533 g/mol. The number of halogens is 2. The Labute approximate surface area is 229 Å². The lowest BCUT2D eigenvalue weighted by atomic mass is 9.80. The van der Waals surface area contributed by atoms with Crippen LogP contribution in [0.1, 0.15) is 44.0 Å². The van der Waals surface area contributed by atoms with Gasteiger partial charge in [-0.1, -0.05) is 29.3 Å². The van der Waals surface area contributed by atoms with Crippen LogP contribution in [-0.4, -0.2) is 74.5 Å². The Bertz CT molecular complexity index is 1240. The molecule has 2 aromatic rings. The minimum absolute atomic E-state index is 0.151. The lowest BCUT2D eigenvalue weighted by Crippen LogP contribution is -2.54. The molecule has 3 N–H and O–H groups in total. The summed E-state index contributed by atoms with van der Waals surface area (Å²) in [5, 5.41) is 12.7. The fraction of sp³-hybridized carbons (Fsp3) is 0.560. The highest BCUT2D eigenvalue weighted by molar-refractivity contribution is 7.88. The first-order chi connectivity index (χ1) is 17.5. The van der Waals surface area contributed by atoms with Gasteiger partial charge < -0.3 is 20.5 Å². The number of hydrogen-bond donors (Lipinski definition) is 3. The first kappa shape index (κ1) is 28.0. The van der Waals surface area contributed by atoms with Crippen LogP contribution in [0.2, 0.25) is 10.0 Å². The molecule has 202 valence electrons. The molecule has 4 rings (SSSR count). The molecule has 1 aromatic carbocycles. The van der Waals surface area contributed by atoms with Crippen molar-refractivity contribution in [2.24, 2.45) is 11.8 Å². The van der Waals surface area contributed by atoms with Crippen molar-refractivity contribution in [3.8, 4) is 0 Å². The summed E-state index contributed by atoms with van der Waals surface area (Å²) in [4.78, 5) is 14.0. The van der Waals surface area contributed by atoms with Crippen LogP contribution in [0, 0.1) is 17.2 Å². The summed E-state index contributed by atoms with van der Waals surface area (Å²) >= 11 is 12.5. The Morgan fingerprint density at radius 2 is 2.00 bits per heavy atom. The molecule has 0 saturated carbocycles. The Balaban J connectivity index is 1.38. The van der Waals surface area contributed by atoms with E-state index in [0.29, 0.717) is 45.6 Å². The highest BCUT2D eigenvalue weighted by Crippen LogP contribution is 2.34. The van der Waals surface area contributed by atoms with E-state index in [2.05, 4.69) is 24.8 Å². The monoisotopic (exact) mass is 567 g/mol. The van der Waals surface area contributed by atoms with Crippen molar-refractivity contribution in [2.75, 3.05) is 55.7 Å². The van der Waals surface area contributed by atoms with E-state index in [-0.39, 0.29) is 6.04 Å². The predicted molar refractivity (Wildman–Crippen MR) is 151 cm³/mol. The Hall–Kier alpha value is -1.98. The molecule has 12 heteroatoms. The van der Waals surface area contributed by atoms with Crippen molar-refractivity contribution in [1.29, 1.82) is 5.41 Å². The zero-order valence-electron chi connectivity index (χ0n) is 21.5. The summed E-state index contributed by atoms with van der Waals surface area (Å²) in [5.74, 6) is 2.51. The summed E-state index contributed by atoms with van der Waals surface area (Å²) < 4.78 is 25.3. The average molecular weight is 569 g/mol. The third-order valence-electron chi connectivity index (χ3n) is 7.13. The highest BCUT2D eigenvalue weighted by Gasteiger charge is 2.36. The zero-order valence-corrected chi connectivity index (χ0v) is 23.8. The molecule has 2 saturated heterocycles. The predicted octanol–water partition coefficient (Wildman–Crippen LogP) is 4.04. The number of sulfonamides is 1. The first-order valence-electron chi connectivity index (χ1n) is 12.6. The second-order valence-corrected chi connectivity index (χ2v) is 12.8. The number of aromatic nitrogens is 2. The standard InChI is InChI=1S/C25H35Cl2N7O2S/c1-16(28)24-25(31-17(2)21-7-6-20(26)11-22(21)27)32-23(12-29-24)34-14-19(15-34)18-5-4-9-33(13-18)10-8-30-37(3,35)36/h6-7,11-12,17-19,28,30H,4-5,8-10,13-15H2,1-3H3,(H,31,32)/t17-,18+/m1/s1. The lowest BCUT2D eigenvalue weighted by Gasteiger charge is -2.47. The van der Waals surface area contributed by atoms with Crippen LogP contribution >= 0.6 is 23.2 Å². The fourth-order valence-electron chi connectivity index (χ4n) is 5.11. The number of likely N-dealkylation sites (tertiary alicyclic amines) is 1. The smallest absolute Gasteiger partial charge is 0.208 e. The number of nitrogens with one attached hydrogen (secondary N) is 3. The summed E-state index contributed by atoms with van der Waals surface area (Å²) in [5.41, 5.74) is 1.75. The van der Waals surface area contributed by atoms with Crippen LogP contribution in [-0.2, 0) is 10.0 Å². The van der Waals surface area contributed by atoms with Crippen molar-refractivity contribution in [1.82, 2.24) is 19.6 Å². The second kappa shape index (κ2) is 11.8. The van der Waals surface area contributed by atoms with E-state index in [1.54, 1.807) is 25.3 Å². The SMILES string of the molecule is CC(=N)c1ncc(N2CC([C@H]3CCCN(CCNS(C)(=O)=O)C3)C2)nc1N[C@H](C)c1ccc(Cl)cc1Cl. The molecule has 0 spiro atoms. The van der Waals surface area contributed by atoms with Gasteiger partial charge in [-0.2, -0.15) is 0 Å². The van der Waals surface area contributed by atoms with E-state index in [4.69, 9.17) is 33.6 Å². The van der Waals surface area contributed by atoms with Gasteiger partial charge >= 0.3 is 0 Å². The van der Waals surface area contributed by atoms with Gasteiger partial charge in [-0.15, -0.1) is 0 Å². The van der Waals surface area contributed by atoms with Crippen molar-refractivity contribution in [3.05, 3.63) is 45.7 Å². The van der Waals surface area contributed by atoms with Crippen LogP contribution in [0.25, 0.3) is 0 Å². The summed E-state index contributed by atoms with van der Waals surface area (Å²) in [6.45, 7) is 8.71. The summed E-state index contributed by atoms with van der Waals surface area (Å²) in [6.07, 6.45) is 5.27. The van der Waals surface area contributed by atoms with Gasteiger partial charge in [0.1, 0.15) is 11.5 Å². The molecule has 0 bridgehead atoms. The first-order valence-corrected chi connectivity index (χ1v) is 15.2. The quantitative estimate of drug-likeness (QED) is 0.371. The molecule has 0 amide bonds. The number of hydrogen-bond acceptors (Lipinski definition) is 8. The number of nitrogens with zero attached hydrogens (tertiary/aromatic N) is 4. The van der Waals surface area contributed by atoms with Crippen molar-refractivity contribution in [2.45, 2.75) is 32.7 Å².